The lowest BCUT2D eigenvalue weighted by Crippen LogP contribution is -2.44. The number of carbonyl (C=O) groups excluding carboxylic acids is 1. The monoisotopic (exact) mass is 309 g/mol. The first kappa shape index (κ1) is 14.1. The van der Waals surface area contributed by atoms with Crippen LogP contribution < -0.4 is 9.47 Å². The maximum Gasteiger partial charge on any atom is 0.254 e. The molecule has 0 N–H and O–H groups in total. The van der Waals surface area contributed by atoms with Crippen LogP contribution in [-0.4, -0.2) is 31.6 Å². The molecule has 0 aliphatic carbocycles. The van der Waals surface area contributed by atoms with Crippen molar-refractivity contribution in [3.05, 3.63) is 58.7 Å². The summed E-state index contributed by atoms with van der Waals surface area (Å²) in [6.45, 7) is 0.750. The minimum absolute atomic E-state index is 0.0842. The standard InChI is InChI=1S/C19H19NO3/c1-22-17-10-13-7-8-20-16(15(13)11-18(17)23-2)9-12-5-3-4-6-14(12)19(20)21/h3-6,10-11,16H,7-9H2,1-2H3/t16-/m0/s1. The third-order valence-electron chi connectivity index (χ3n) is 4.92. The average Bonchev–Trinajstić information content (AvgIpc) is 2.60. The molecule has 0 saturated carbocycles. The van der Waals surface area contributed by atoms with Crippen LogP contribution in [-0.2, 0) is 12.8 Å². The molecule has 1 amide bonds. The molecule has 0 unspecified atom stereocenters. The summed E-state index contributed by atoms with van der Waals surface area (Å²) in [4.78, 5) is 14.8. The van der Waals surface area contributed by atoms with E-state index in [1.807, 2.05) is 29.2 Å². The van der Waals surface area contributed by atoms with Crippen LogP contribution in [0.1, 0.15) is 33.1 Å². The fourth-order valence-corrected chi connectivity index (χ4v) is 3.76. The van der Waals surface area contributed by atoms with Crippen molar-refractivity contribution in [3.63, 3.8) is 0 Å². The van der Waals surface area contributed by atoms with E-state index in [9.17, 15) is 4.79 Å². The molecule has 118 valence electrons. The van der Waals surface area contributed by atoms with Crippen molar-refractivity contribution in [3.8, 4) is 11.5 Å². The van der Waals surface area contributed by atoms with Crippen LogP contribution in [0.2, 0.25) is 0 Å². The molecule has 2 aromatic rings. The van der Waals surface area contributed by atoms with E-state index in [1.165, 1.54) is 11.1 Å². The summed E-state index contributed by atoms with van der Waals surface area (Å²) in [6.07, 6.45) is 1.70. The van der Waals surface area contributed by atoms with Gasteiger partial charge in [-0.3, -0.25) is 4.79 Å². The molecule has 2 heterocycles. The second-order valence-corrected chi connectivity index (χ2v) is 6.03. The highest BCUT2D eigenvalue weighted by Crippen LogP contribution is 2.42. The zero-order chi connectivity index (χ0) is 16.0. The highest BCUT2D eigenvalue weighted by atomic mass is 16.5. The number of amides is 1. The van der Waals surface area contributed by atoms with Crippen molar-refractivity contribution in [2.24, 2.45) is 0 Å². The van der Waals surface area contributed by atoms with Crippen molar-refractivity contribution in [2.45, 2.75) is 18.9 Å². The number of benzene rings is 2. The summed E-state index contributed by atoms with van der Waals surface area (Å²) >= 11 is 0. The SMILES string of the molecule is COc1cc2c(cc1OC)[C@@H]1Cc3ccccc3C(=O)N1CC2. The summed E-state index contributed by atoms with van der Waals surface area (Å²) in [5.41, 5.74) is 4.39. The van der Waals surface area contributed by atoms with Gasteiger partial charge in [0, 0.05) is 12.1 Å². The predicted molar refractivity (Wildman–Crippen MR) is 87.2 cm³/mol. The molecule has 2 aliphatic heterocycles. The minimum Gasteiger partial charge on any atom is -0.493 e. The van der Waals surface area contributed by atoms with Crippen LogP contribution in [0.25, 0.3) is 0 Å². The van der Waals surface area contributed by atoms with Gasteiger partial charge in [-0.05, 0) is 47.7 Å². The first-order chi connectivity index (χ1) is 11.2. The Balaban J connectivity index is 1.83. The van der Waals surface area contributed by atoms with Crippen molar-refractivity contribution >= 4 is 5.91 Å². The molecule has 4 rings (SSSR count). The van der Waals surface area contributed by atoms with Gasteiger partial charge in [-0.1, -0.05) is 18.2 Å². The number of carbonyl (C=O) groups is 1. The van der Waals surface area contributed by atoms with Gasteiger partial charge in [-0.2, -0.15) is 0 Å². The highest BCUT2D eigenvalue weighted by Gasteiger charge is 2.37. The smallest absolute Gasteiger partial charge is 0.254 e. The Morgan fingerprint density at radius 3 is 2.57 bits per heavy atom. The molecule has 2 aromatic carbocycles. The lowest BCUT2D eigenvalue weighted by molar-refractivity contribution is 0.0631. The van der Waals surface area contributed by atoms with Gasteiger partial charge in [-0.15, -0.1) is 0 Å². The third-order valence-corrected chi connectivity index (χ3v) is 4.92. The summed E-state index contributed by atoms with van der Waals surface area (Å²) in [7, 11) is 3.30. The van der Waals surface area contributed by atoms with Gasteiger partial charge >= 0.3 is 0 Å². The molecular weight excluding hydrogens is 290 g/mol. The Hall–Kier alpha value is -2.49. The Kier molecular flexibility index (Phi) is 3.26. The average molecular weight is 309 g/mol. The van der Waals surface area contributed by atoms with Gasteiger partial charge in [0.2, 0.25) is 0 Å². The third kappa shape index (κ3) is 2.09. The zero-order valence-electron chi connectivity index (χ0n) is 13.3. The van der Waals surface area contributed by atoms with Gasteiger partial charge in [-0.25, -0.2) is 0 Å². The first-order valence-electron chi connectivity index (χ1n) is 7.86. The fraction of sp³-hybridized carbons (Fsp3) is 0.316. The molecular formula is C19H19NO3. The predicted octanol–water partition coefficient (Wildman–Crippen LogP) is 3.00. The Labute approximate surface area is 135 Å². The lowest BCUT2D eigenvalue weighted by Gasteiger charge is -2.41. The summed E-state index contributed by atoms with van der Waals surface area (Å²) in [6, 6.07) is 12.1. The van der Waals surface area contributed by atoms with E-state index in [2.05, 4.69) is 12.1 Å². The van der Waals surface area contributed by atoms with E-state index in [0.717, 1.165) is 42.0 Å². The van der Waals surface area contributed by atoms with Gasteiger partial charge in [0.25, 0.3) is 5.91 Å². The molecule has 0 saturated heterocycles. The maximum absolute atomic E-state index is 12.8. The largest absolute Gasteiger partial charge is 0.493 e. The molecule has 0 aromatic heterocycles. The summed E-state index contributed by atoms with van der Waals surface area (Å²) in [5, 5.41) is 0. The Morgan fingerprint density at radius 2 is 1.78 bits per heavy atom. The van der Waals surface area contributed by atoms with E-state index in [-0.39, 0.29) is 11.9 Å². The van der Waals surface area contributed by atoms with E-state index >= 15 is 0 Å². The van der Waals surface area contributed by atoms with Crippen LogP contribution in [0.15, 0.2) is 36.4 Å². The Morgan fingerprint density at radius 1 is 1.04 bits per heavy atom. The van der Waals surface area contributed by atoms with Gasteiger partial charge in [0.1, 0.15) is 0 Å². The van der Waals surface area contributed by atoms with Crippen LogP contribution in [0, 0.1) is 0 Å². The second-order valence-electron chi connectivity index (χ2n) is 6.03. The number of rotatable bonds is 2. The molecule has 4 heteroatoms. The first-order valence-corrected chi connectivity index (χ1v) is 7.86. The molecule has 1 atom stereocenters. The summed E-state index contributed by atoms with van der Waals surface area (Å²) in [5.74, 6) is 1.61. The normalized spacial score (nSPS) is 18.8. The number of fused-ring (bicyclic) bond motifs is 4. The van der Waals surface area contributed by atoms with Crippen LogP contribution >= 0.6 is 0 Å². The lowest BCUT2D eigenvalue weighted by atomic mass is 9.83. The van der Waals surface area contributed by atoms with Crippen molar-refractivity contribution in [2.75, 3.05) is 20.8 Å². The van der Waals surface area contributed by atoms with Crippen molar-refractivity contribution in [1.29, 1.82) is 0 Å². The summed E-state index contributed by atoms with van der Waals surface area (Å²) < 4.78 is 10.9. The van der Waals surface area contributed by atoms with Gasteiger partial charge in [0.05, 0.1) is 20.3 Å². The molecule has 23 heavy (non-hydrogen) atoms. The fourth-order valence-electron chi connectivity index (χ4n) is 3.76. The van der Waals surface area contributed by atoms with E-state index in [1.54, 1.807) is 14.2 Å². The molecule has 0 fully saturated rings. The van der Waals surface area contributed by atoms with Crippen LogP contribution in [0.5, 0.6) is 11.5 Å². The van der Waals surface area contributed by atoms with Crippen molar-refractivity contribution in [1.82, 2.24) is 4.90 Å². The number of hydrogen-bond donors (Lipinski definition) is 0. The van der Waals surface area contributed by atoms with Gasteiger partial charge in [0.15, 0.2) is 11.5 Å². The van der Waals surface area contributed by atoms with E-state index in [4.69, 9.17) is 9.47 Å². The molecule has 0 radical (unpaired) electrons. The minimum atomic E-state index is 0.0842. The van der Waals surface area contributed by atoms with Crippen LogP contribution in [0.4, 0.5) is 0 Å². The topological polar surface area (TPSA) is 38.8 Å². The number of ether oxygens (including phenoxy) is 2. The molecule has 2 aliphatic rings. The quantitative estimate of drug-likeness (QED) is 0.856. The zero-order valence-corrected chi connectivity index (χ0v) is 13.3. The van der Waals surface area contributed by atoms with Crippen molar-refractivity contribution < 1.29 is 14.3 Å². The molecule has 0 bridgehead atoms. The van der Waals surface area contributed by atoms with E-state index < -0.39 is 0 Å². The van der Waals surface area contributed by atoms with Gasteiger partial charge < -0.3 is 14.4 Å². The molecule has 0 spiro atoms. The molecule has 4 nitrogen and oxygen atoms in total. The maximum atomic E-state index is 12.8. The number of methoxy groups -OCH3 is 2. The number of nitrogens with zero attached hydrogens (tertiary/aromatic N) is 1. The van der Waals surface area contributed by atoms with E-state index in [0.29, 0.717) is 0 Å². The number of hydrogen-bond acceptors (Lipinski definition) is 3. The highest BCUT2D eigenvalue weighted by molar-refractivity contribution is 5.97. The second kappa shape index (κ2) is 5.30. The Bertz CT molecular complexity index is 784. The van der Waals surface area contributed by atoms with Crippen LogP contribution in [0.3, 0.4) is 0 Å².